The lowest BCUT2D eigenvalue weighted by molar-refractivity contribution is 0.103. The van der Waals surface area contributed by atoms with Gasteiger partial charge >= 0.3 is 0 Å². The van der Waals surface area contributed by atoms with Crippen molar-refractivity contribution < 1.29 is 18.0 Å². The fourth-order valence-corrected chi connectivity index (χ4v) is 3.75. The maximum atomic E-state index is 12.7. The molecular weight excluding hydrogens is 334 g/mol. The van der Waals surface area contributed by atoms with Gasteiger partial charge in [-0.3, -0.25) is 14.3 Å². The summed E-state index contributed by atoms with van der Waals surface area (Å²) >= 11 is 0. The highest BCUT2D eigenvalue weighted by molar-refractivity contribution is 7.90. The van der Waals surface area contributed by atoms with Gasteiger partial charge < -0.3 is 9.94 Å². The molecule has 9 heteroatoms. The quantitative estimate of drug-likeness (QED) is 0.807. The van der Waals surface area contributed by atoms with Gasteiger partial charge in [-0.05, 0) is 6.07 Å². The lowest BCUT2D eigenvalue weighted by Crippen LogP contribution is -2.21. The number of carbonyl (C=O) groups excluding carboxylic acids is 1. The van der Waals surface area contributed by atoms with Gasteiger partial charge in [-0.1, -0.05) is 17.3 Å². The number of sulfone groups is 1. The Morgan fingerprint density at radius 3 is 2.62 bits per heavy atom. The molecule has 126 valence electrons. The predicted molar refractivity (Wildman–Crippen MR) is 86.1 cm³/mol. The number of H-pyrrole nitrogens is 1. The van der Waals surface area contributed by atoms with Crippen LogP contribution in [-0.2, 0) is 21.7 Å². The second-order valence-corrected chi connectivity index (χ2v) is 7.41. The monoisotopic (exact) mass is 349 g/mol. The van der Waals surface area contributed by atoms with Crippen LogP contribution in [0.15, 0.2) is 39.2 Å². The smallest absolute Gasteiger partial charge is 0.277 e. The van der Waals surface area contributed by atoms with Crippen molar-refractivity contribution in [1.82, 2.24) is 9.78 Å². The normalized spacial score (nSPS) is 14.3. The van der Waals surface area contributed by atoms with Crippen molar-refractivity contribution in [3.05, 3.63) is 51.4 Å². The number of hydrogen-bond acceptors (Lipinski definition) is 6. The zero-order chi connectivity index (χ0) is 17.5. The van der Waals surface area contributed by atoms with E-state index >= 15 is 0 Å². The summed E-state index contributed by atoms with van der Waals surface area (Å²) in [6.07, 6.45) is 2.74. The summed E-state index contributed by atoms with van der Waals surface area (Å²) in [5.41, 5.74) is 0.0945. The van der Waals surface area contributed by atoms with E-state index in [1.165, 1.54) is 19.3 Å². The molecule has 1 aliphatic heterocycles. The third kappa shape index (κ3) is 2.67. The minimum absolute atomic E-state index is 0.0544. The molecule has 2 heterocycles. The Hall–Kier alpha value is -2.68. The second-order valence-electron chi connectivity index (χ2n) is 5.46. The molecule has 1 aromatic carbocycles. The molecule has 1 aromatic heterocycles. The molecule has 0 spiro atoms. The molecule has 0 unspecified atom stereocenters. The number of aryl methyl sites for hydroxylation is 1. The number of ketones is 1. The van der Waals surface area contributed by atoms with Crippen molar-refractivity contribution >= 4 is 21.3 Å². The number of carbonyl (C=O) groups is 1. The van der Waals surface area contributed by atoms with Crippen LogP contribution in [0.3, 0.4) is 0 Å². The van der Waals surface area contributed by atoms with Gasteiger partial charge in [-0.2, -0.15) is 0 Å². The van der Waals surface area contributed by atoms with Gasteiger partial charge in [0.15, 0.2) is 9.84 Å². The minimum atomic E-state index is -3.74. The first-order valence-corrected chi connectivity index (χ1v) is 9.01. The number of aromatic nitrogens is 2. The summed E-state index contributed by atoms with van der Waals surface area (Å²) in [5.74, 6) is -0.654. The third-order valence-corrected chi connectivity index (χ3v) is 4.91. The van der Waals surface area contributed by atoms with Gasteiger partial charge in [0.05, 0.1) is 10.6 Å². The van der Waals surface area contributed by atoms with E-state index in [0.29, 0.717) is 24.3 Å². The molecule has 0 saturated heterocycles. The van der Waals surface area contributed by atoms with Crippen molar-refractivity contribution in [2.45, 2.75) is 11.3 Å². The largest absolute Gasteiger partial charge is 0.395 e. The molecule has 0 radical (unpaired) electrons. The summed E-state index contributed by atoms with van der Waals surface area (Å²) < 4.78 is 25.8. The van der Waals surface area contributed by atoms with Crippen molar-refractivity contribution in [2.24, 2.45) is 12.2 Å². The zero-order valence-electron chi connectivity index (χ0n) is 13.1. The fourth-order valence-electron chi connectivity index (χ4n) is 2.61. The van der Waals surface area contributed by atoms with Crippen LogP contribution < -0.4 is 5.56 Å². The van der Waals surface area contributed by atoms with E-state index in [4.69, 9.17) is 4.84 Å². The summed E-state index contributed by atoms with van der Waals surface area (Å²) in [6.45, 7) is 0.356. The molecule has 0 atom stereocenters. The van der Waals surface area contributed by atoms with Crippen molar-refractivity contribution in [1.29, 1.82) is 0 Å². The van der Waals surface area contributed by atoms with E-state index in [-0.39, 0.29) is 16.0 Å². The van der Waals surface area contributed by atoms with Crippen LogP contribution in [0.25, 0.3) is 0 Å². The maximum absolute atomic E-state index is 12.7. The van der Waals surface area contributed by atoms with Gasteiger partial charge in [0, 0.05) is 37.0 Å². The zero-order valence-corrected chi connectivity index (χ0v) is 13.9. The number of oxime groups is 1. The molecule has 1 N–H and O–H groups in total. The van der Waals surface area contributed by atoms with E-state index in [9.17, 15) is 18.0 Å². The van der Waals surface area contributed by atoms with Crippen LogP contribution in [0.5, 0.6) is 0 Å². The number of nitrogens with zero attached hydrogens (tertiary/aromatic N) is 2. The van der Waals surface area contributed by atoms with E-state index in [1.54, 1.807) is 12.1 Å². The first-order valence-electron chi connectivity index (χ1n) is 7.12. The lowest BCUT2D eigenvalue weighted by atomic mass is 10.00. The van der Waals surface area contributed by atoms with E-state index in [1.807, 2.05) is 0 Å². The average Bonchev–Trinajstić information content (AvgIpc) is 3.16. The summed E-state index contributed by atoms with van der Waals surface area (Å²) in [7, 11) is -2.27. The molecular formula is C15H15N3O5S. The highest BCUT2D eigenvalue weighted by Gasteiger charge is 2.28. The van der Waals surface area contributed by atoms with Crippen LogP contribution in [-0.4, -0.2) is 42.6 Å². The topological polar surface area (TPSA) is 111 Å². The first-order chi connectivity index (χ1) is 11.3. The van der Waals surface area contributed by atoms with Crippen molar-refractivity contribution in [2.75, 3.05) is 12.9 Å². The van der Waals surface area contributed by atoms with Crippen molar-refractivity contribution in [3.8, 4) is 0 Å². The third-order valence-electron chi connectivity index (χ3n) is 3.73. The Labute approximate surface area is 137 Å². The average molecular weight is 349 g/mol. The molecule has 8 nitrogen and oxygen atoms in total. The minimum Gasteiger partial charge on any atom is -0.395 e. The van der Waals surface area contributed by atoms with Gasteiger partial charge in [0.1, 0.15) is 12.2 Å². The van der Waals surface area contributed by atoms with Gasteiger partial charge in [-0.15, -0.1) is 0 Å². The molecule has 0 fully saturated rings. The van der Waals surface area contributed by atoms with Gasteiger partial charge in [0.2, 0.25) is 5.78 Å². The first kappa shape index (κ1) is 16.2. The number of hydrogen-bond donors (Lipinski definition) is 1. The molecule has 2 aromatic rings. The highest BCUT2D eigenvalue weighted by Crippen LogP contribution is 2.26. The number of aromatic amines is 1. The predicted octanol–water partition coefficient (Wildman–Crippen LogP) is 0.472. The van der Waals surface area contributed by atoms with Crippen LogP contribution in [0, 0.1) is 0 Å². The van der Waals surface area contributed by atoms with Crippen LogP contribution in [0.4, 0.5) is 0 Å². The Morgan fingerprint density at radius 1 is 1.33 bits per heavy atom. The van der Waals surface area contributed by atoms with Gasteiger partial charge in [0.25, 0.3) is 5.56 Å². The van der Waals surface area contributed by atoms with Gasteiger partial charge in [-0.25, -0.2) is 8.42 Å². The second kappa shape index (κ2) is 5.75. The summed E-state index contributed by atoms with van der Waals surface area (Å²) in [5, 5.41) is 6.45. The van der Waals surface area contributed by atoms with E-state index < -0.39 is 21.2 Å². The molecule has 0 amide bonds. The molecule has 3 rings (SSSR count). The summed E-state index contributed by atoms with van der Waals surface area (Å²) in [4.78, 5) is 29.5. The standard InChI is InChI=1S/C15H15N3O5S/c1-18-15(20)11(8-16-18)13(19)10-5-3-4-9(12-6-7-23-17-12)14(10)24(2,21)22/h3-5,8,16H,6-7H2,1-2H3. The van der Waals surface area contributed by atoms with E-state index in [0.717, 1.165) is 10.9 Å². The molecule has 0 aliphatic carbocycles. The Balaban J connectivity index is 2.25. The summed E-state index contributed by atoms with van der Waals surface area (Å²) in [6, 6.07) is 4.54. The number of benzene rings is 1. The molecule has 24 heavy (non-hydrogen) atoms. The highest BCUT2D eigenvalue weighted by atomic mass is 32.2. The number of nitrogens with one attached hydrogen (secondary N) is 1. The fraction of sp³-hybridized carbons (Fsp3) is 0.267. The molecule has 0 saturated carbocycles. The molecule has 0 bridgehead atoms. The number of rotatable bonds is 4. The Morgan fingerprint density at radius 2 is 2.08 bits per heavy atom. The van der Waals surface area contributed by atoms with Crippen LogP contribution in [0.1, 0.15) is 27.9 Å². The Bertz CT molecular complexity index is 1010. The maximum Gasteiger partial charge on any atom is 0.277 e. The SMILES string of the molecule is Cn1[nH]cc(C(=O)c2cccc(C3=NOCC3)c2S(C)(=O)=O)c1=O. The van der Waals surface area contributed by atoms with Crippen LogP contribution in [0.2, 0.25) is 0 Å². The lowest BCUT2D eigenvalue weighted by Gasteiger charge is -2.11. The van der Waals surface area contributed by atoms with Crippen molar-refractivity contribution in [3.63, 3.8) is 0 Å². The van der Waals surface area contributed by atoms with E-state index in [2.05, 4.69) is 10.3 Å². The van der Waals surface area contributed by atoms with Crippen LogP contribution >= 0.6 is 0 Å². The Kier molecular flexibility index (Phi) is 3.88. The molecule has 1 aliphatic rings.